The normalized spacial score (nSPS) is 11.2. The fraction of sp³-hybridized carbons (Fsp3) is 0.111. The Morgan fingerprint density at radius 1 is 1.08 bits per heavy atom. The lowest BCUT2D eigenvalue weighted by Crippen LogP contribution is -1.97. The Kier molecular flexibility index (Phi) is 3.49. The first kappa shape index (κ1) is 15.3. The van der Waals surface area contributed by atoms with Crippen molar-refractivity contribution in [1.29, 1.82) is 0 Å². The molecule has 4 rings (SSSR count). The van der Waals surface area contributed by atoms with Gasteiger partial charge < -0.3 is 9.72 Å². The van der Waals surface area contributed by atoms with Gasteiger partial charge in [0.2, 0.25) is 0 Å². The molecule has 0 atom stereocenters. The molecule has 4 aromatic rings. The lowest BCUT2D eigenvalue weighted by Gasteiger charge is -2.07. The summed E-state index contributed by atoms with van der Waals surface area (Å²) in [6.07, 6.45) is 0. The molecule has 0 saturated heterocycles. The Bertz CT molecular complexity index is 1070. The largest absolute Gasteiger partial charge is 0.496 e. The van der Waals surface area contributed by atoms with E-state index in [1.807, 2.05) is 30.3 Å². The molecule has 5 nitrogen and oxygen atoms in total. The summed E-state index contributed by atoms with van der Waals surface area (Å²) in [7, 11) is 3.15. The van der Waals surface area contributed by atoms with Crippen molar-refractivity contribution < 1.29 is 13.5 Å². The summed E-state index contributed by atoms with van der Waals surface area (Å²) in [5.41, 5.74) is 2.73. The van der Waals surface area contributed by atoms with Crippen LogP contribution in [-0.2, 0) is 7.05 Å². The topological polar surface area (TPSA) is 55.7 Å². The molecule has 2 aromatic heterocycles. The average molecular weight is 340 g/mol. The number of imidazole rings is 1. The summed E-state index contributed by atoms with van der Waals surface area (Å²) < 4.78 is 34.8. The number of H-pyrrole nitrogens is 1. The molecule has 0 aliphatic heterocycles. The minimum Gasteiger partial charge on any atom is -0.496 e. The molecule has 0 radical (unpaired) electrons. The van der Waals surface area contributed by atoms with E-state index in [-0.39, 0.29) is 17.1 Å². The van der Waals surface area contributed by atoms with Crippen LogP contribution in [0.2, 0.25) is 0 Å². The maximum atomic E-state index is 14.4. The molecule has 0 spiro atoms. The molecule has 2 aromatic carbocycles. The van der Waals surface area contributed by atoms with E-state index in [1.165, 1.54) is 13.2 Å². The van der Waals surface area contributed by atoms with Crippen molar-refractivity contribution in [2.75, 3.05) is 7.11 Å². The number of ether oxygens (including phenoxy) is 1. The smallest absolute Gasteiger partial charge is 0.177 e. The van der Waals surface area contributed by atoms with E-state index in [1.54, 1.807) is 11.7 Å². The molecular formula is C18H14F2N4O. The van der Waals surface area contributed by atoms with Crippen molar-refractivity contribution in [3.05, 3.63) is 54.1 Å². The van der Waals surface area contributed by atoms with Gasteiger partial charge in [-0.3, -0.25) is 0 Å². The Hall–Kier alpha value is -3.22. The van der Waals surface area contributed by atoms with Gasteiger partial charge in [-0.15, -0.1) is 0 Å². The molecule has 0 bridgehead atoms. The van der Waals surface area contributed by atoms with E-state index in [0.29, 0.717) is 16.9 Å². The van der Waals surface area contributed by atoms with Crippen LogP contribution in [-0.4, -0.2) is 26.9 Å². The van der Waals surface area contributed by atoms with E-state index in [2.05, 4.69) is 15.1 Å². The summed E-state index contributed by atoms with van der Waals surface area (Å²) in [6.45, 7) is 0. The number of aromatic nitrogens is 4. The van der Waals surface area contributed by atoms with Gasteiger partial charge in [0, 0.05) is 12.6 Å². The number of aryl methyl sites for hydroxylation is 1. The van der Waals surface area contributed by atoms with Crippen LogP contribution in [0.4, 0.5) is 8.78 Å². The fourth-order valence-electron chi connectivity index (χ4n) is 2.85. The zero-order valence-electron chi connectivity index (χ0n) is 13.5. The second-order valence-electron chi connectivity index (χ2n) is 5.56. The van der Waals surface area contributed by atoms with Gasteiger partial charge in [-0.2, -0.15) is 5.10 Å². The molecule has 0 aliphatic carbocycles. The van der Waals surface area contributed by atoms with Crippen LogP contribution < -0.4 is 4.74 Å². The highest BCUT2D eigenvalue weighted by atomic mass is 19.2. The first-order valence-corrected chi connectivity index (χ1v) is 7.60. The van der Waals surface area contributed by atoms with Crippen molar-refractivity contribution in [2.24, 2.45) is 7.05 Å². The second-order valence-corrected chi connectivity index (χ2v) is 5.56. The fourth-order valence-corrected chi connectivity index (χ4v) is 2.85. The highest BCUT2D eigenvalue weighted by Crippen LogP contribution is 2.35. The Balaban J connectivity index is 1.97. The van der Waals surface area contributed by atoms with Crippen LogP contribution in [0.25, 0.3) is 33.8 Å². The molecule has 0 aliphatic rings. The first-order valence-electron chi connectivity index (χ1n) is 7.60. The highest BCUT2D eigenvalue weighted by molar-refractivity contribution is 5.90. The molecule has 7 heteroatoms. The molecular weight excluding hydrogens is 326 g/mol. The van der Waals surface area contributed by atoms with Gasteiger partial charge in [0.1, 0.15) is 22.8 Å². The number of nitrogens with zero attached hydrogens (tertiary/aromatic N) is 3. The van der Waals surface area contributed by atoms with Gasteiger partial charge in [0.15, 0.2) is 17.3 Å². The second kappa shape index (κ2) is 5.70. The van der Waals surface area contributed by atoms with E-state index in [0.717, 1.165) is 11.6 Å². The van der Waals surface area contributed by atoms with Gasteiger partial charge in [-0.05, 0) is 12.1 Å². The van der Waals surface area contributed by atoms with E-state index in [4.69, 9.17) is 4.74 Å². The SMILES string of the molecule is COc1ccc(F)c(F)c1-c1nc2c([nH]1)c(-c1ccccc1)nn2C. The molecule has 0 fully saturated rings. The van der Waals surface area contributed by atoms with Crippen molar-refractivity contribution in [3.63, 3.8) is 0 Å². The standard InChI is InChI=1S/C18H14F2N4O/c1-24-18-16(15(23-24)10-6-4-3-5-7-10)21-17(22-18)13-12(25-2)9-8-11(19)14(13)20/h3-9H,1-2H3,(H,21,22). The third kappa shape index (κ3) is 2.36. The van der Waals surface area contributed by atoms with Crippen LogP contribution in [0.3, 0.4) is 0 Å². The number of nitrogens with one attached hydrogen (secondary N) is 1. The molecule has 25 heavy (non-hydrogen) atoms. The number of hydrogen-bond acceptors (Lipinski definition) is 3. The van der Waals surface area contributed by atoms with E-state index < -0.39 is 11.6 Å². The number of methoxy groups -OCH3 is 1. The predicted molar refractivity (Wildman–Crippen MR) is 90.2 cm³/mol. The number of hydrogen-bond donors (Lipinski definition) is 1. The molecule has 0 amide bonds. The number of rotatable bonds is 3. The minimum absolute atomic E-state index is 0.0438. The van der Waals surface area contributed by atoms with Crippen molar-refractivity contribution in [3.8, 4) is 28.4 Å². The van der Waals surface area contributed by atoms with Crippen LogP contribution in [0.5, 0.6) is 5.75 Å². The quantitative estimate of drug-likeness (QED) is 0.615. The zero-order chi connectivity index (χ0) is 17.6. The van der Waals surface area contributed by atoms with Crippen LogP contribution >= 0.6 is 0 Å². The maximum absolute atomic E-state index is 14.4. The van der Waals surface area contributed by atoms with Crippen LogP contribution in [0, 0.1) is 11.6 Å². The van der Waals surface area contributed by atoms with Gasteiger partial charge in [0.25, 0.3) is 0 Å². The Morgan fingerprint density at radius 2 is 1.84 bits per heavy atom. The number of fused-ring (bicyclic) bond motifs is 1. The van der Waals surface area contributed by atoms with Crippen molar-refractivity contribution in [1.82, 2.24) is 19.7 Å². The van der Waals surface area contributed by atoms with Gasteiger partial charge >= 0.3 is 0 Å². The van der Waals surface area contributed by atoms with E-state index in [9.17, 15) is 8.78 Å². The summed E-state index contributed by atoms with van der Waals surface area (Å²) in [4.78, 5) is 7.46. The minimum atomic E-state index is -1.01. The monoisotopic (exact) mass is 340 g/mol. The molecule has 0 unspecified atom stereocenters. The summed E-state index contributed by atoms with van der Waals surface area (Å²) >= 11 is 0. The average Bonchev–Trinajstić information content (AvgIpc) is 3.18. The highest BCUT2D eigenvalue weighted by Gasteiger charge is 2.22. The van der Waals surface area contributed by atoms with Crippen LogP contribution in [0.1, 0.15) is 0 Å². The lowest BCUT2D eigenvalue weighted by molar-refractivity contribution is 0.408. The summed E-state index contributed by atoms with van der Waals surface area (Å²) in [5, 5.41) is 4.46. The van der Waals surface area contributed by atoms with Crippen LogP contribution in [0.15, 0.2) is 42.5 Å². The zero-order valence-corrected chi connectivity index (χ0v) is 13.5. The van der Waals surface area contributed by atoms with Crippen molar-refractivity contribution in [2.45, 2.75) is 0 Å². The molecule has 2 heterocycles. The third-order valence-corrected chi connectivity index (χ3v) is 4.04. The molecule has 0 saturated carbocycles. The summed E-state index contributed by atoms with van der Waals surface area (Å²) in [6, 6.07) is 12.0. The first-order chi connectivity index (χ1) is 12.1. The van der Waals surface area contributed by atoms with Gasteiger partial charge in [-0.1, -0.05) is 30.3 Å². The Morgan fingerprint density at radius 3 is 2.56 bits per heavy atom. The number of halogens is 2. The predicted octanol–water partition coefficient (Wildman–Crippen LogP) is 3.92. The number of aromatic amines is 1. The third-order valence-electron chi connectivity index (χ3n) is 4.04. The van der Waals surface area contributed by atoms with Crippen molar-refractivity contribution >= 4 is 11.2 Å². The Labute approximate surface area is 141 Å². The lowest BCUT2D eigenvalue weighted by atomic mass is 10.1. The molecule has 126 valence electrons. The van der Waals surface area contributed by atoms with E-state index >= 15 is 0 Å². The van der Waals surface area contributed by atoms with Gasteiger partial charge in [0.05, 0.1) is 12.7 Å². The maximum Gasteiger partial charge on any atom is 0.177 e. The molecule has 1 N–H and O–H groups in total. The van der Waals surface area contributed by atoms with Gasteiger partial charge in [-0.25, -0.2) is 18.4 Å². The summed E-state index contributed by atoms with van der Waals surface area (Å²) in [5.74, 6) is -1.58. The number of benzene rings is 2.